The average molecular weight is 434 g/mol. The molecule has 8 heteroatoms. The van der Waals surface area contributed by atoms with Crippen molar-refractivity contribution in [2.45, 2.75) is 6.54 Å². The number of carbonyl (C=O) groups is 1. The predicted molar refractivity (Wildman–Crippen MR) is 88.6 cm³/mol. The highest BCUT2D eigenvalue weighted by Crippen LogP contribution is 2.33. The minimum absolute atomic E-state index is 0.0192. The van der Waals surface area contributed by atoms with Crippen LogP contribution in [0.2, 0.25) is 0 Å². The van der Waals surface area contributed by atoms with Crippen LogP contribution in [0.25, 0.3) is 0 Å². The molecule has 0 bridgehead atoms. The Balaban J connectivity index is 2.20. The first-order valence-electron chi connectivity index (χ1n) is 5.82. The van der Waals surface area contributed by atoms with E-state index in [0.29, 0.717) is 10.4 Å². The number of rotatable bonds is 4. The number of nitrogens with zero attached hydrogens (tertiary/aromatic N) is 2. The van der Waals surface area contributed by atoms with Crippen molar-refractivity contribution in [2.75, 3.05) is 7.05 Å². The summed E-state index contributed by atoms with van der Waals surface area (Å²) in [6, 6.07) is 8.15. The molecule has 0 aliphatic rings. The number of carbonyl (C=O) groups excluding carboxylic acids is 1. The Labute approximate surface area is 142 Å². The predicted octanol–water partition coefficient (Wildman–Crippen LogP) is 4.45. The van der Waals surface area contributed by atoms with Crippen molar-refractivity contribution in [3.8, 4) is 0 Å². The summed E-state index contributed by atoms with van der Waals surface area (Å²) in [7, 11) is 1.63. The van der Waals surface area contributed by atoms with Crippen LogP contribution in [0.3, 0.4) is 0 Å². The first-order chi connectivity index (χ1) is 9.90. The molecule has 2 rings (SSSR count). The lowest BCUT2D eigenvalue weighted by atomic mass is 10.1. The summed E-state index contributed by atoms with van der Waals surface area (Å²) in [5, 5.41) is 11.0. The average Bonchev–Trinajstić information content (AvgIpc) is 2.78. The molecular weight excluding hydrogens is 424 g/mol. The van der Waals surface area contributed by atoms with Gasteiger partial charge in [-0.3, -0.25) is 14.9 Å². The lowest BCUT2D eigenvalue weighted by Crippen LogP contribution is -2.25. The third-order valence-electron chi connectivity index (χ3n) is 2.80. The molecule has 1 aromatic heterocycles. The molecule has 1 amide bonds. The van der Waals surface area contributed by atoms with Crippen LogP contribution in [0.4, 0.5) is 5.69 Å². The van der Waals surface area contributed by atoms with E-state index < -0.39 is 4.92 Å². The molecule has 0 saturated carbocycles. The minimum atomic E-state index is -0.439. The first kappa shape index (κ1) is 16.1. The molecule has 1 heterocycles. The number of amides is 1. The van der Waals surface area contributed by atoms with Crippen LogP contribution in [0.15, 0.2) is 38.6 Å². The van der Waals surface area contributed by atoms with Crippen LogP contribution >= 0.6 is 43.2 Å². The smallest absolute Gasteiger partial charge is 0.274 e. The van der Waals surface area contributed by atoms with Gasteiger partial charge in [-0.05, 0) is 37.9 Å². The van der Waals surface area contributed by atoms with Gasteiger partial charge in [0, 0.05) is 23.2 Å². The van der Waals surface area contributed by atoms with Crippen molar-refractivity contribution in [2.24, 2.45) is 0 Å². The minimum Gasteiger partial charge on any atom is -0.336 e. The van der Waals surface area contributed by atoms with Gasteiger partial charge in [-0.1, -0.05) is 18.2 Å². The Morgan fingerprint density at radius 2 is 2.05 bits per heavy atom. The molecule has 21 heavy (non-hydrogen) atoms. The SMILES string of the molecule is CN(Cc1ccccc1[N+](=O)[O-])C(=O)c1cc(Br)c(Br)s1. The number of nitro groups is 1. The van der Waals surface area contributed by atoms with E-state index in [9.17, 15) is 14.9 Å². The lowest BCUT2D eigenvalue weighted by molar-refractivity contribution is -0.385. The van der Waals surface area contributed by atoms with Crippen LogP contribution in [0, 0.1) is 10.1 Å². The fourth-order valence-electron chi connectivity index (χ4n) is 1.79. The van der Waals surface area contributed by atoms with Crippen LogP contribution < -0.4 is 0 Å². The number of thiophene rings is 1. The molecule has 0 unspecified atom stereocenters. The topological polar surface area (TPSA) is 63.4 Å². The van der Waals surface area contributed by atoms with Gasteiger partial charge in [0.05, 0.1) is 20.1 Å². The molecule has 0 radical (unpaired) electrons. The summed E-state index contributed by atoms with van der Waals surface area (Å²) in [5.74, 6) is -0.176. The highest BCUT2D eigenvalue weighted by Gasteiger charge is 2.20. The van der Waals surface area contributed by atoms with E-state index in [0.717, 1.165) is 8.26 Å². The molecule has 0 saturated heterocycles. The molecule has 0 atom stereocenters. The van der Waals surface area contributed by atoms with Gasteiger partial charge in [0.1, 0.15) is 0 Å². The summed E-state index contributed by atoms with van der Waals surface area (Å²) in [4.78, 5) is 24.9. The first-order valence-corrected chi connectivity index (χ1v) is 8.23. The van der Waals surface area contributed by atoms with E-state index in [2.05, 4.69) is 31.9 Å². The number of hydrogen-bond donors (Lipinski definition) is 0. The molecule has 0 aliphatic heterocycles. The van der Waals surface area contributed by atoms with Gasteiger partial charge in [-0.25, -0.2) is 0 Å². The van der Waals surface area contributed by atoms with Crippen molar-refractivity contribution in [3.05, 3.63) is 59.1 Å². The Morgan fingerprint density at radius 3 is 2.62 bits per heavy atom. The van der Waals surface area contributed by atoms with Gasteiger partial charge in [-0.2, -0.15) is 0 Å². The molecule has 0 spiro atoms. The van der Waals surface area contributed by atoms with Crippen molar-refractivity contribution in [1.29, 1.82) is 0 Å². The zero-order valence-electron chi connectivity index (χ0n) is 10.9. The summed E-state index contributed by atoms with van der Waals surface area (Å²) < 4.78 is 1.65. The van der Waals surface area contributed by atoms with E-state index >= 15 is 0 Å². The molecular formula is C13H10Br2N2O3S. The van der Waals surface area contributed by atoms with Gasteiger partial charge in [0.15, 0.2) is 0 Å². The second kappa shape index (κ2) is 6.67. The largest absolute Gasteiger partial charge is 0.336 e. The van der Waals surface area contributed by atoms with Gasteiger partial charge in [0.25, 0.3) is 11.6 Å². The Hall–Kier alpha value is -1.25. The molecule has 110 valence electrons. The fourth-order valence-corrected chi connectivity index (χ4v) is 3.82. The fraction of sp³-hybridized carbons (Fsp3) is 0.154. The summed E-state index contributed by atoms with van der Waals surface area (Å²) >= 11 is 7.99. The second-order valence-electron chi connectivity index (χ2n) is 4.28. The van der Waals surface area contributed by atoms with Crippen molar-refractivity contribution >= 4 is 54.8 Å². The third-order valence-corrected chi connectivity index (χ3v) is 6.04. The standard InChI is InChI=1S/C13H10Br2N2O3S/c1-16(13(18)11-6-9(14)12(15)21-11)7-8-4-2-3-5-10(8)17(19)20/h2-6H,7H2,1H3. The number of halogens is 2. The van der Waals surface area contributed by atoms with Gasteiger partial charge < -0.3 is 4.90 Å². The van der Waals surface area contributed by atoms with Crippen LogP contribution in [-0.2, 0) is 6.54 Å². The van der Waals surface area contributed by atoms with E-state index in [-0.39, 0.29) is 18.1 Å². The van der Waals surface area contributed by atoms with E-state index in [4.69, 9.17) is 0 Å². The van der Waals surface area contributed by atoms with Crippen LogP contribution in [0.1, 0.15) is 15.2 Å². The van der Waals surface area contributed by atoms with E-state index in [1.54, 1.807) is 31.3 Å². The molecule has 0 fully saturated rings. The second-order valence-corrected chi connectivity index (χ2v) is 7.50. The molecule has 0 aliphatic carbocycles. The van der Waals surface area contributed by atoms with Crippen molar-refractivity contribution in [1.82, 2.24) is 4.90 Å². The number of hydrogen-bond acceptors (Lipinski definition) is 4. The zero-order valence-corrected chi connectivity index (χ0v) is 14.9. The van der Waals surface area contributed by atoms with Gasteiger partial charge in [0.2, 0.25) is 0 Å². The van der Waals surface area contributed by atoms with Gasteiger partial charge in [-0.15, -0.1) is 11.3 Å². The molecule has 0 N–H and O–H groups in total. The highest BCUT2D eigenvalue weighted by atomic mass is 79.9. The molecule has 5 nitrogen and oxygen atoms in total. The Morgan fingerprint density at radius 1 is 1.38 bits per heavy atom. The summed E-state index contributed by atoms with van der Waals surface area (Å²) in [6.07, 6.45) is 0. The highest BCUT2D eigenvalue weighted by molar-refractivity contribution is 9.13. The zero-order chi connectivity index (χ0) is 15.6. The number of para-hydroxylation sites is 1. The maximum absolute atomic E-state index is 12.3. The Kier molecular flexibility index (Phi) is 5.13. The number of benzene rings is 1. The Bertz CT molecular complexity index is 683. The quantitative estimate of drug-likeness (QED) is 0.528. The number of nitro benzene ring substituents is 1. The summed E-state index contributed by atoms with van der Waals surface area (Å²) in [5.41, 5.74) is 0.527. The summed E-state index contributed by atoms with van der Waals surface area (Å²) in [6.45, 7) is 0.184. The van der Waals surface area contributed by atoms with Crippen molar-refractivity contribution < 1.29 is 9.72 Å². The molecule has 2 aromatic rings. The van der Waals surface area contributed by atoms with Crippen LogP contribution in [-0.4, -0.2) is 22.8 Å². The maximum Gasteiger partial charge on any atom is 0.274 e. The van der Waals surface area contributed by atoms with Crippen molar-refractivity contribution in [3.63, 3.8) is 0 Å². The monoisotopic (exact) mass is 432 g/mol. The molecule has 1 aromatic carbocycles. The van der Waals surface area contributed by atoms with Crippen LogP contribution in [0.5, 0.6) is 0 Å². The van der Waals surface area contributed by atoms with Gasteiger partial charge >= 0.3 is 0 Å². The van der Waals surface area contributed by atoms with E-state index in [1.807, 2.05) is 0 Å². The maximum atomic E-state index is 12.3. The van der Waals surface area contributed by atoms with E-state index in [1.165, 1.54) is 22.3 Å². The lowest BCUT2D eigenvalue weighted by Gasteiger charge is -2.16. The third kappa shape index (κ3) is 3.69. The normalized spacial score (nSPS) is 10.4.